The van der Waals surface area contributed by atoms with E-state index in [0.29, 0.717) is 5.82 Å². The molecule has 0 aliphatic rings. The topological polar surface area (TPSA) is 61.0 Å². The SMILES string of the molecule is CCCc1ccc(Oc2nccc(N)n2)cc1. The molecule has 0 spiro atoms. The zero-order chi connectivity index (χ0) is 12.1. The Morgan fingerprint density at radius 3 is 2.59 bits per heavy atom. The molecular formula is C13H15N3O. The van der Waals surface area contributed by atoms with Gasteiger partial charge < -0.3 is 10.5 Å². The number of nitrogen functional groups attached to an aromatic ring is 1. The first-order chi connectivity index (χ1) is 8.28. The number of anilines is 1. The van der Waals surface area contributed by atoms with Crippen molar-refractivity contribution in [2.75, 3.05) is 5.73 Å². The Morgan fingerprint density at radius 1 is 1.18 bits per heavy atom. The summed E-state index contributed by atoms with van der Waals surface area (Å²) in [4.78, 5) is 7.95. The molecule has 4 nitrogen and oxygen atoms in total. The van der Waals surface area contributed by atoms with E-state index in [9.17, 15) is 0 Å². The van der Waals surface area contributed by atoms with E-state index in [-0.39, 0.29) is 6.01 Å². The Labute approximate surface area is 100 Å². The summed E-state index contributed by atoms with van der Waals surface area (Å²) in [7, 11) is 0. The third kappa shape index (κ3) is 3.17. The maximum atomic E-state index is 5.54. The van der Waals surface area contributed by atoms with Crippen molar-refractivity contribution in [2.45, 2.75) is 19.8 Å². The van der Waals surface area contributed by atoms with Crippen LogP contribution in [0, 0.1) is 0 Å². The summed E-state index contributed by atoms with van der Waals surface area (Å²) in [5, 5.41) is 0. The van der Waals surface area contributed by atoms with Gasteiger partial charge in [0.05, 0.1) is 0 Å². The van der Waals surface area contributed by atoms with Crippen LogP contribution in [0.15, 0.2) is 36.5 Å². The van der Waals surface area contributed by atoms with Gasteiger partial charge in [0, 0.05) is 6.20 Å². The quantitative estimate of drug-likeness (QED) is 0.875. The highest BCUT2D eigenvalue weighted by Crippen LogP contribution is 2.19. The Bertz CT molecular complexity index is 482. The predicted octanol–water partition coefficient (Wildman–Crippen LogP) is 2.80. The van der Waals surface area contributed by atoms with E-state index in [1.165, 1.54) is 5.56 Å². The Hall–Kier alpha value is -2.10. The Kier molecular flexibility index (Phi) is 3.55. The molecule has 1 heterocycles. The largest absolute Gasteiger partial charge is 0.424 e. The third-order valence-electron chi connectivity index (χ3n) is 2.33. The predicted molar refractivity (Wildman–Crippen MR) is 67.0 cm³/mol. The first kappa shape index (κ1) is 11.4. The minimum atomic E-state index is 0.272. The number of rotatable bonds is 4. The molecule has 0 aliphatic heterocycles. The van der Waals surface area contributed by atoms with Crippen molar-refractivity contribution in [3.63, 3.8) is 0 Å². The second-order valence-corrected chi connectivity index (χ2v) is 3.76. The van der Waals surface area contributed by atoms with E-state index in [2.05, 4.69) is 16.9 Å². The summed E-state index contributed by atoms with van der Waals surface area (Å²) in [5.74, 6) is 1.12. The molecule has 2 N–H and O–H groups in total. The number of benzene rings is 1. The smallest absolute Gasteiger partial charge is 0.323 e. The number of hydrogen-bond acceptors (Lipinski definition) is 4. The molecule has 0 radical (unpaired) electrons. The Balaban J connectivity index is 2.08. The lowest BCUT2D eigenvalue weighted by molar-refractivity contribution is 0.442. The number of aromatic nitrogens is 2. The standard InChI is InChI=1S/C13H15N3O/c1-2-3-10-4-6-11(7-5-10)17-13-15-9-8-12(14)16-13/h4-9H,2-3H2,1H3,(H2,14,15,16). The average molecular weight is 229 g/mol. The maximum Gasteiger partial charge on any atom is 0.323 e. The van der Waals surface area contributed by atoms with Crippen molar-refractivity contribution in [2.24, 2.45) is 0 Å². The fourth-order valence-corrected chi connectivity index (χ4v) is 1.52. The van der Waals surface area contributed by atoms with Crippen LogP contribution in [0.3, 0.4) is 0 Å². The van der Waals surface area contributed by atoms with Gasteiger partial charge >= 0.3 is 6.01 Å². The normalized spacial score (nSPS) is 10.2. The first-order valence-corrected chi connectivity index (χ1v) is 5.63. The molecule has 2 aromatic rings. The summed E-state index contributed by atoms with van der Waals surface area (Å²) in [6, 6.07) is 9.82. The van der Waals surface area contributed by atoms with Gasteiger partial charge in [-0.3, -0.25) is 0 Å². The fourth-order valence-electron chi connectivity index (χ4n) is 1.52. The molecule has 0 amide bonds. The van der Waals surface area contributed by atoms with Crippen LogP contribution in [0.1, 0.15) is 18.9 Å². The highest BCUT2D eigenvalue weighted by atomic mass is 16.5. The zero-order valence-electron chi connectivity index (χ0n) is 9.76. The van der Waals surface area contributed by atoms with Crippen LogP contribution >= 0.6 is 0 Å². The summed E-state index contributed by atoms with van der Waals surface area (Å²) >= 11 is 0. The number of ether oxygens (including phenoxy) is 1. The minimum Gasteiger partial charge on any atom is -0.424 e. The van der Waals surface area contributed by atoms with Gasteiger partial charge in [0.25, 0.3) is 0 Å². The summed E-state index contributed by atoms with van der Waals surface area (Å²) < 4.78 is 5.49. The highest BCUT2D eigenvalue weighted by molar-refractivity contribution is 5.31. The number of nitrogens with two attached hydrogens (primary N) is 1. The molecule has 0 aliphatic carbocycles. The third-order valence-corrected chi connectivity index (χ3v) is 2.33. The number of nitrogens with zero attached hydrogens (tertiary/aromatic N) is 2. The van der Waals surface area contributed by atoms with Crippen LogP contribution in [0.4, 0.5) is 5.82 Å². The van der Waals surface area contributed by atoms with Gasteiger partial charge in [0.2, 0.25) is 0 Å². The molecule has 2 rings (SSSR count). The van der Waals surface area contributed by atoms with Gasteiger partial charge in [-0.1, -0.05) is 25.5 Å². The molecule has 0 bridgehead atoms. The zero-order valence-corrected chi connectivity index (χ0v) is 9.76. The summed E-state index contributed by atoms with van der Waals surface area (Å²) in [5.41, 5.74) is 6.84. The number of aryl methyl sites for hydroxylation is 1. The lowest BCUT2D eigenvalue weighted by Crippen LogP contribution is -1.95. The second kappa shape index (κ2) is 5.30. The lowest BCUT2D eigenvalue weighted by atomic mass is 10.1. The van der Waals surface area contributed by atoms with Gasteiger partial charge in [-0.25, -0.2) is 4.98 Å². The van der Waals surface area contributed by atoms with E-state index in [1.807, 2.05) is 24.3 Å². The molecule has 0 unspecified atom stereocenters. The van der Waals surface area contributed by atoms with Crippen LogP contribution < -0.4 is 10.5 Å². The van der Waals surface area contributed by atoms with Crippen LogP contribution in [-0.2, 0) is 6.42 Å². The lowest BCUT2D eigenvalue weighted by Gasteiger charge is -2.04. The van der Waals surface area contributed by atoms with Gasteiger partial charge in [-0.15, -0.1) is 0 Å². The van der Waals surface area contributed by atoms with E-state index >= 15 is 0 Å². The molecule has 0 saturated heterocycles. The molecule has 0 saturated carbocycles. The van der Waals surface area contributed by atoms with Crippen molar-refractivity contribution in [3.8, 4) is 11.8 Å². The monoisotopic (exact) mass is 229 g/mol. The van der Waals surface area contributed by atoms with Crippen LogP contribution in [-0.4, -0.2) is 9.97 Å². The molecule has 0 atom stereocenters. The molecule has 1 aromatic heterocycles. The maximum absolute atomic E-state index is 5.54. The van der Waals surface area contributed by atoms with Gasteiger partial charge in [-0.05, 0) is 30.2 Å². The fraction of sp³-hybridized carbons (Fsp3) is 0.231. The van der Waals surface area contributed by atoms with Crippen molar-refractivity contribution in [1.29, 1.82) is 0 Å². The summed E-state index contributed by atoms with van der Waals surface area (Å²) in [6.07, 6.45) is 3.79. The van der Waals surface area contributed by atoms with Gasteiger partial charge in [-0.2, -0.15) is 4.98 Å². The molecule has 0 fully saturated rings. The molecular weight excluding hydrogens is 214 g/mol. The van der Waals surface area contributed by atoms with Gasteiger partial charge in [0.1, 0.15) is 11.6 Å². The first-order valence-electron chi connectivity index (χ1n) is 5.63. The van der Waals surface area contributed by atoms with Crippen LogP contribution in [0.2, 0.25) is 0 Å². The molecule has 17 heavy (non-hydrogen) atoms. The van der Waals surface area contributed by atoms with Crippen molar-refractivity contribution in [1.82, 2.24) is 9.97 Å². The average Bonchev–Trinajstić information content (AvgIpc) is 2.32. The summed E-state index contributed by atoms with van der Waals surface area (Å²) in [6.45, 7) is 2.16. The number of hydrogen-bond donors (Lipinski definition) is 1. The van der Waals surface area contributed by atoms with E-state index in [0.717, 1.165) is 18.6 Å². The highest BCUT2D eigenvalue weighted by Gasteiger charge is 2.00. The van der Waals surface area contributed by atoms with Crippen LogP contribution in [0.25, 0.3) is 0 Å². The molecule has 1 aromatic carbocycles. The van der Waals surface area contributed by atoms with Crippen molar-refractivity contribution >= 4 is 5.82 Å². The van der Waals surface area contributed by atoms with E-state index < -0.39 is 0 Å². The molecule has 4 heteroatoms. The Morgan fingerprint density at radius 2 is 1.94 bits per heavy atom. The second-order valence-electron chi connectivity index (χ2n) is 3.76. The van der Waals surface area contributed by atoms with Crippen LogP contribution in [0.5, 0.6) is 11.8 Å². The van der Waals surface area contributed by atoms with E-state index in [1.54, 1.807) is 12.3 Å². The van der Waals surface area contributed by atoms with E-state index in [4.69, 9.17) is 10.5 Å². The van der Waals surface area contributed by atoms with Crippen molar-refractivity contribution in [3.05, 3.63) is 42.1 Å². The molecule has 88 valence electrons. The van der Waals surface area contributed by atoms with Crippen molar-refractivity contribution < 1.29 is 4.74 Å². The van der Waals surface area contributed by atoms with Gasteiger partial charge in [0.15, 0.2) is 0 Å². The minimum absolute atomic E-state index is 0.272.